The van der Waals surface area contributed by atoms with Gasteiger partial charge in [0.05, 0.1) is 12.1 Å². The third-order valence-corrected chi connectivity index (χ3v) is 4.00. The van der Waals surface area contributed by atoms with Gasteiger partial charge in [0.2, 0.25) is 0 Å². The molecule has 4 nitrogen and oxygen atoms in total. The smallest absolute Gasteiger partial charge is 0.268 e. The summed E-state index contributed by atoms with van der Waals surface area (Å²) in [6.45, 7) is 0. The molecule has 1 aromatic heterocycles. The van der Waals surface area contributed by atoms with Crippen molar-refractivity contribution in [2.75, 3.05) is 0 Å². The Labute approximate surface area is 107 Å². The average Bonchev–Trinajstić information content (AvgIpc) is 3.09. The maximum atomic E-state index is 12.2. The van der Waals surface area contributed by atoms with Crippen molar-refractivity contribution < 1.29 is 9.90 Å². The van der Waals surface area contributed by atoms with E-state index in [9.17, 15) is 9.90 Å². The second kappa shape index (κ2) is 4.76. The fraction of sp³-hybridized carbons (Fsp3) is 0.643. The van der Waals surface area contributed by atoms with E-state index in [2.05, 4.69) is 9.88 Å². The largest absolute Gasteiger partial charge is 0.391 e. The lowest BCUT2D eigenvalue weighted by Crippen LogP contribution is -2.45. The second-order valence-corrected chi connectivity index (χ2v) is 5.46. The monoisotopic (exact) mass is 248 g/mol. The molecule has 0 aromatic carbocycles. The Morgan fingerprint density at radius 3 is 2.78 bits per heavy atom. The van der Waals surface area contributed by atoms with E-state index in [1.807, 2.05) is 18.3 Å². The Morgan fingerprint density at radius 2 is 2.06 bits per heavy atom. The molecule has 2 aliphatic rings. The summed E-state index contributed by atoms with van der Waals surface area (Å²) >= 11 is 0. The zero-order valence-electron chi connectivity index (χ0n) is 10.5. The number of rotatable bonds is 3. The molecule has 0 spiro atoms. The third kappa shape index (κ3) is 2.29. The molecule has 0 aliphatic heterocycles. The quantitative estimate of drug-likeness (QED) is 0.857. The summed E-state index contributed by atoms with van der Waals surface area (Å²) in [6, 6.07) is 4.22. The van der Waals surface area contributed by atoms with E-state index in [-0.39, 0.29) is 18.1 Å². The van der Waals surface area contributed by atoms with Gasteiger partial charge >= 0.3 is 0 Å². The molecule has 1 amide bonds. The van der Waals surface area contributed by atoms with E-state index in [1.165, 1.54) is 12.8 Å². The molecule has 0 saturated heterocycles. The van der Waals surface area contributed by atoms with Crippen molar-refractivity contribution in [1.29, 1.82) is 0 Å². The second-order valence-electron chi connectivity index (χ2n) is 5.46. The number of hydrogen-bond acceptors (Lipinski definition) is 2. The predicted octanol–water partition coefficient (Wildman–Crippen LogP) is 1.86. The van der Waals surface area contributed by atoms with Crippen LogP contribution >= 0.6 is 0 Å². The van der Waals surface area contributed by atoms with Gasteiger partial charge in [0, 0.05) is 12.2 Å². The summed E-state index contributed by atoms with van der Waals surface area (Å²) in [5.74, 6) is -0.0437. The molecule has 0 bridgehead atoms. The number of carbonyl (C=O) groups is 1. The minimum Gasteiger partial charge on any atom is -0.391 e. The SMILES string of the molecule is O=C(N[C@H]1CCCC[C@@H]1O)c1cccn1C1CC1. The Bertz CT molecular complexity index is 437. The molecule has 4 heteroatoms. The lowest BCUT2D eigenvalue weighted by molar-refractivity contribution is 0.0710. The minimum absolute atomic E-state index is 0.0437. The fourth-order valence-corrected chi connectivity index (χ4v) is 2.78. The zero-order valence-corrected chi connectivity index (χ0v) is 10.5. The van der Waals surface area contributed by atoms with Crippen LogP contribution in [0.5, 0.6) is 0 Å². The molecule has 0 radical (unpaired) electrons. The van der Waals surface area contributed by atoms with Crippen LogP contribution in [-0.2, 0) is 0 Å². The molecule has 2 N–H and O–H groups in total. The Kier molecular flexibility index (Phi) is 3.12. The Hall–Kier alpha value is -1.29. The highest BCUT2D eigenvalue weighted by molar-refractivity contribution is 5.93. The fourth-order valence-electron chi connectivity index (χ4n) is 2.78. The minimum atomic E-state index is -0.382. The number of nitrogens with zero attached hydrogens (tertiary/aromatic N) is 1. The van der Waals surface area contributed by atoms with Gasteiger partial charge in [-0.25, -0.2) is 0 Å². The van der Waals surface area contributed by atoms with Crippen molar-refractivity contribution in [3.8, 4) is 0 Å². The van der Waals surface area contributed by atoms with E-state index in [4.69, 9.17) is 0 Å². The van der Waals surface area contributed by atoms with Crippen LogP contribution in [0.25, 0.3) is 0 Å². The van der Waals surface area contributed by atoms with Gasteiger partial charge in [-0.3, -0.25) is 4.79 Å². The van der Waals surface area contributed by atoms with Gasteiger partial charge in [0.25, 0.3) is 5.91 Å². The summed E-state index contributed by atoms with van der Waals surface area (Å²) in [5, 5.41) is 12.9. The highest BCUT2D eigenvalue weighted by Gasteiger charge is 2.29. The molecular weight excluding hydrogens is 228 g/mol. The number of aliphatic hydroxyl groups is 1. The van der Waals surface area contributed by atoms with Crippen molar-refractivity contribution in [3.05, 3.63) is 24.0 Å². The third-order valence-electron chi connectivity index (χ3n) is 4.00. The van der Waals surface area contributed by atoms with Crippen molar-refractivity contribution >= 4 is 5.91 Å². The van der Waals surface area contributed by atoms with Crippen LogP contribution in [0.15, 0.2) is 18.3 Å². The van der Waals surface area contributed by atoms with Gasteiger partial charge in [0.1, 0.15) is 5.69 Å². The first-order chi connectivity index (χ1) is 8.75. The van der Waals surface area contributed by atoms with Crippen LogP contribution in [-0.4, -0.2) is 27.7 Å². The lowest BCUT2D eigenvalue weighted by atomic mass is 9.92. The number of aliphatic hydroxyl groups excluding tert-OH is 1. The summed E-state index contributed by atoms with van der Waals surface area (Å²) in [6.07, 6.45) is 7.77. The van der Waals surface area contributed by atoms with Crippen LogP contribution in [0, 0.1) is 0 Å². The summed E-state index contributed by atoms with van der Waals surface area (Å²) in [5.41, 5.74) is 0.732. The van der Waals surface area contributed by atoms with Crippen LogP contribution in [0.1, 0.15) is 55.1 Å². The van der Waals surface area contributed by atoms with E-state index >= 15 is 0 Å². The first-order valence-electron chi connectivity index (χ1n) is 6.91. The highest BCUT2D eigenvalue weighted by Crippen LogP contribution is 2.36. The van der Waals surface area contributed by atoms with Crippen molar-refractivity contribution in [1.82, 2.24) is 9.88 Å². The highest BCUT2D eigenvalue weighted by atomic mass is 16.3. The number of nitrogens with one attached hydrogen (secondary N) is 1. The van der Waals surface area contributed by atoms with Crippen molar-refractivity contribution in [2.45, 2.75) is 56.7 Å². The Balaban J connectivity index is 1.68. The van der Waals surface area contributed by atoms with E-state index < -0.39 is 0 Å². The molecule has 1 heterocycles. The standard InChI is InChI=1S/C14H20N2O2/c17-13-6-2-1-4-11(13)15-14(18)12-5-3-9-16(12)10-7-8-10/h3,5,9-11,13,17H,1-2,4,6-8H2,(H,15,18)/t11-,13-/m0/s1. The molecule has 0 unspecified atom stereocenters. The van der Waals surface area contributed by atoms with E-state index in [0.717, 1.165) is 31.4 Å². The molecule has 98 valence electrons. The average molecular weight is 248 g/mol. The van der Waals surface area contributed by atoms with E-state index in [0.29, 0.717) is 6.04 Å². The van der Waals surface area contributed by atoms with Gasteiger partial charge in [-0.15, -0.1) is 0 Å². The van der Waals surface area contributed by atoms with Crippen LogP contribution in [0.2, 0.25) is 0 Å². The molecule has 2 saturated carbocycles. The molecule has 2 atom stereocenters. The molecule has 3 rings (SSSR count). The molecule has 2 aliphatic carbocycles. The van der Waals surface area contributed by atoms with E-state index in [1.54, 1.807) is 0 Å². The maximum Gasteiger partial charge on any atom is 0.268 e. The Morgan fingerprint density at radius 1 is 1.28 bits per heavy atom. The molecule has 18 heavy (non-hydrogen) atoms. The number of carbonyl (C=O) groups excluding carboxylic acids is 1. The topological polar surface area (TPSA) is 54.3 Å². The van der Waals surface area contributed by atoms with Crippen molar-refractivity contribution in [2.24, 2.45) is 0 Å². The number of aromatic nitrogens is 1. The van der Waals surface area contributed by atoms with Gasteiger partial charge in [-0.2, -0.15) is 0 Å². The molecule has 1 aromatic rings. The molecule has 2 fully saturated rings. The predicted molar refractivity (Wildman–Crippen MR) is 68.4 cm³/mol. The van der Waals surface area contributed by atoms with Crippen LogP contribution in [0.4, 0.5) is 0 Å². The maximum absolute atomic E-state index is 12.2. The van der Waals surface area contributed by atoms with Crippen LogP contribution in [0.3, 0.4) is 0 Å². The zero-order chi connectivity index (χ0) is 12.5. The summed E-state index contributed by atoms with van der Waals surface area (Å²) in [7, 11) is 0. The first kappa shape index (κ1) is 11.8. The van der Waals surface area contributed by atoms with Crippen molar-refractivity contribution in [3.63, 3.8) is 0 Å². The number of amides is 1. The summed E-state index contributed by atoms with van der Waals surface area (Å²) in [4.78, 5) is 12.2. The first-order valence-corrected chi connectivity index (χ1v) is 6.91. The van der Waals surface area contributed by atoms with Gasteiger partial charge in [0.15, 0.2) is 0 Å². The lowest BCUT2D eigenvalue weighted by Gasteiger charge is -2.28. The normalized spacial score (nSPS) is 28.1. The number of hydrogen-bond donors (Lipinski definition) is 2. The summed E-state index contributed by atoms with van der Waals surface area (Å²) < 4.78 is 2.06. The van der Waals surface area contributed by atoms with Gasteiger partial charge in [-0.1, -0.05) is 12.8 Å². The van der Waals surface area contributed by atoms with Crippen LogP contribution < -0.4 is 5.32 Å². The molecular formula is C14H20N2O2. The van der Waals surface area contributed by atoms with Gasteiger partial charge < -0.3 is 15.0 Å². The van der Waals surface area contributed by atoms with Gasteiger partial charge in [-0.05, 0) is 37.8 Å².